The fourth-order valence-electron chi connectivity index (χ4n) is 3.16. The Kier molecular flexibility index (Phi) is 3.79. The number of ether oxygens (including phenoxy) is 2. The lowest BCUT2D eigenvalue weighted by Crippen LogP contribution is -2.18. The van der Waals surface area contributed by atoms with Gasteiger partial charge < -0.3 is 9.47 Å². The SMILES string of the molecule is CC1(C)CCCCc2cc(OC[C@H]3N=CCO3)ccc21. The van der Waals surface area contributed by atoms with Crippen molar-refractivity contribution in [3.05, 3.63) is 29.3 Å². The van der Waals surface area contributed by atoms with E-state index in [4.69, 9.17) is 9.47 Å². The Bertz CT molecular complexity index is 508. The molecular weight excluding hydrogens is 250 g/mol. The monoisotopic (exact) mass is 273 g/mol. The van der Waals surface area contributed by atoms with Crippen molar-refractivity contribution in [2.75, 3.05) is 13.2 Å². The van der Waals surface area contributed by atoms with Crippen LogP contribution in [0.15, 0.2) is 23.2 Å². The summed E-state index contributed by atoms with van der Waals surface area (Å²) in [7, 11) is 0. The van der Waals surface area contributed by atoms with Gasteiger partial charge in [0.05, 0.1) is 6.61 Å². The summed E-state index contributed by atoms with van der Waals surface area (Å²) in [6.45, 7) is 5.79. The first-order chi connectivity index (χ1) is 9.65. The molecule has 0 spiro atoms. The fraction of sp³-hybridized carbons (Fsp3) is 0.588. The fourth-order valence-corrected chi connectivity index (χ4v) is 3.16. The highest BCUT2D eigenvalue weighted by Crippen LogP contribution is 2.37. The number of nitrogens with zero attached hydrogens (tertiary/aromatic N) is 1. The van der Waals surface area contributed by atoms with Gasteiger partial charge in [0.2, 0.25) is 0 Å². The van der Waals surface area contributed by atoms with Crippen molar-refractivity contribution in [1.29, 1.82) is 0 Å². The first-order valence-electron chi connectivity index (χ1n) is 7.55. The summed E-state index contributed by atoms with van der Waals surface area (Å²) < 4.78 is 11.2. The lowest BCUT2D eigenvalue weighted by molar-refractivity contribution is 0.0656. The molecule has 0 aromatic heterocycles. The largest absolute Gasteiger partial charge is 0.489 e. The van der Waals surface area contributed by atoms with E-state index >= 15 is 0 Å². The molecule has 1 atom stereocenters. The third-order valence-corrected chi connectivity index (χ3v) is 4.33. The molecule has 3 heteroatoms. The van der Waals surface area contributed by atoms with Crippen LogP contribution in [-0.2, 0) is 16.6 Å². The summed E-state index contributed by atoms with van der Waals surface area (Å²) >= 11 is 0. The minimum atomic E-state index is -0.134. The molecule has 108 valence electrons. The van der Waals surface area contributed by atoms with E-state index in [1.165, 1.54) is 30.4 Å². The third kappa shape index (κ3) is 2.88. The highest BCUT2D eigenvalue weighted by Gasteiger charge is 2.25. The predicted molar refractivity (Wildman–Crippen MR) is 80.8 cm³/mol. The van der Waals surface area contributed by atoms with Crippen molar-refractivity contribution in [1.82, 2.24) is 0 Å². The Hall–Kier alpha value is -1.35. The lowest BCUT2D eigenvalue weighted by Gasteiger charge is -2.25. The quantitative estimate of drug-likeness (QED) is 0.789. The van der Waals surface area contributed by atoms with E-state index in [1.54, 1.807) is 6.21 Å². The molecule has 0 fully saturated rings. The van der Waals surface area contributed by atoms with Crippen molar-refractivity contribution in [3.8, 4) is 5.75 Å². The summed E-state index contributed by atoms with van der Waals surface area (Å²) in [5.41, 5.74) is 3.21. The van der Waals surface area contributed by atoms with Gasteiger partial charge in [0.25, 0.3) is 0 Å². The van der Waals surface area contributed by atoms with Crippen molar-refractivity contribution in [2.24, 2.45) is 4.99 Å². The molecule has 1 aromatic rings. The zero-order valence-corrected chi connectivity index (χ0v) is 12.4. The minimum Gasteiger partial charge on any atom is -0.489 e. The molecule has 3 nitrogen and oxygen atoms in total. The number of aliphatic imine (C=N–C) groups is 1. The van der Waals surface area contributed by atoms with Crippen LogP contribution in [0.5, 0.6) is 5.75 Å². The van der Waals surface area contributed by atoms with Crippen LogP contribution in [-0.4, -0.2) is 25.7 Å². The van der Waals surface area contributed by atoms with Crippen molar-refractivity contribution < 1.29 is 9.47 Å². The highest BCUT2D eigenvalue weighted by atomic mass is 16.5. The maximum Gasteiger partial charge on any atom is 0.182 e. The van der Waals surface area contributed by atoms with Gasteiger partial charge in [-0.25, -0.2) is 0 Å². The Labute approximate surface area is 121 Å². The van der Waals surface area contributed by atoms with Crippen molar-refractivity contribution in [3.63, 3.8) is 0 Å². The summed E-state index contributed by atoms with van der Waals surface area (Å²) in [6.07, 6.45) is 6.68. The summed E-state index contributed by atoms with van der Waals surface area (Å²) in [4.78, 5) is 4.20. The molecule has 1 aromatic carbocycles. The van der Waals surface area contributed by atoms with Gasteiger partial charge in [-0.05, 0) is 47.9 Å². The van der Waals surface area contributed by atoms with E-state index in [2.05, 4.69) is 37.0 Å². The van der Waals surface area contributed by atoms with Crippen LogP contribution < -0.4 is 4.74 Å². The van der Waals surface area contributed by atoms with E-state index in [0.717, 1.165) is 12.2 Å². The van der Waals surface area contributed by atoms with Gasteiger partial charge in [-0.1, -0.05) is 26.3 Å². The smallest absolute Gasteiger partial charge is 0.182 e. The average molecular weight is 273 g/mol. The molecule has 0 saturated heterocycles. The van der Waals surface area contributed by atoms with Crippen LogP contribution in [0.3, 0.4) is 0 Å². The average Bonchev–Trinajstić information content (AvgIpc) is 2.89. The standard InChI is InChI=1S/C17H23NO2/c1-17(2)8-4-3-5-13-11-14(6-7-15(13)17)20-12-16-18-9-10-19-16/h6-7,9,11,16H,3-5,8,10,12H2,1-2H3/t16-/m0/s1. The van der Waals surface area contributed by atoms with Crippen LogP contribution in [0, 0.1) is 0 Å². The van der Waals surface area contributed by atoms with E-state index in [-0.39, 0.29) is 11.6 Å². The molecule has 2 aliphatic rings. The third-order valence-electron chi connectivity index (χ3n) is 4.33. The molecule has 0 bridgehead atoms. The maximum atomic E-state index is 5.83. The zero-order chi connectivity index (χ0) is 14.0. The first kappa shape index (κ1) is 13.6. The summed E-state index contributed by atoms with van der Waals surface area (Å²) in [5, 5.41) is 0. The van der Waals surface area contributed by atoms with Crippen LogP contribution in [0.4, 0.5) is 0 Å². The van der Waals surface area contributed by atoms with Crippen LogP contribution in [0.25, 0.3) is 0 Å². The first-order valence-corrected chi connectivity index (χ1v) is 7.55. The second-order valence-corrected chi connectivity index (χ2v) is 6.34. The van der Waals surface area contributed by atoms with Crippen molar-refractivity contribution >= 4 is 6.21 Å². The van der Waals surface area contributed by atoms with Crippen molar-refractivity contribution in [2.45, 2.75) is 51.2 Å². The summed E-state index contributed by atoms with van der Waals surface area (Å²) in [6, 6.07) is 6.54. The van der Waals surface area contributed by atoms with Gasteiger partial charge in [0.15, 0.2) is 6.23 Å². The van der Waals surface area contributed by atoms with E-state index in [9.17, 15) is 0 Å². The topological polar surface area (TPSA) is 30.8 Å². The highest BCUT2D eigenvalue weighted by molar-refractivity contribution is 5.60. The maximum absolute atomic E-state index is 5.83. The molecule has 0 radical (unpaired) electrons. The molecule has 1 heterocycles. The number of benzene rings is 1. The minimum absolute atomic E-state index is 0.134. The molecule has 1 aliphatic carbocycles. The van der Waals surface area contributed by atoms with E-state index in [1.807, 2.05) is 0 Å². The van der Waals surface area contributed by atoms with Gasteiger partial charge in [-0.2, -0.15) is 0 Å². The van der Waals surface area contributed by atoms with E-state index in [0.29, 0.717) is 13.2 Å². The Balaban J connectivity index is 1.74. The second kappa shape index (κ2) is 5.57. The Morgan fingerprint density at radius 3 is 3.05 bits per heavy atom. The van der Waals surface area contributed by atoms with Crippen LogP contribution in [0.1, 0.15) is 44.2 Å². The molecule has 0 N–H and O–H groups in total. The molecule has 0 amide bonds. The molecule has 20 heavy (non-hydrogen) atoms. The van der Waals surface area contributed by atoms with Crippen LogP contribution in [0.2, 0.25) is 0 Å². The second-order valence-electron chi connectivity index (χ2n) is 6.34. The van der Waals surface area contributed by atoms with Gasteiger partial charge >= 0.3 is 0 Å². The van der Waals surface area contributed by atoms with Gasteiger partial charge in [0, 0.05) is 6.21 Å². The Morgan fingerprint density at radius 1 is 1.35 bits per heavy atom. The normalized spacial score (nSPS) is 24.2. The summed E-state index contributed by atoms with van der Waals surface area (Å²) in [5.74, 6) is 0.937. The molecule has 1 aliphatic heterocycles. The van der Waals surface area contributed by atoms with E-state index < -0.39 is 0 Å². The predicted octanol–water partition coefficient (Wildman–Crippen LogP) is 3.50. The van der Waals surface area contributed by atoms with Gasteiger partial charge in [0.1, 0.15) is 12.4 Å². The molecule has 0 saturated carbocycles. The number of rotatable bonds is 3. The number of hydrogen-bond acceptors (Lipinski definition) is 3. The molecular formula is C17H23NO2. The van der Waals surface area contributed by atoms with Crippen LogP contribution >= 0.6 is 0 Å². The molecule has 3 rings (SSSR count). The van der Waals surface area contributed by atoms with Gasteiger partial charge in [-0.15, -0.1) is 0 Å². The Morgan fingerprint density at radius 2 is 2.25 bits per heavy atom. The lowest BCUT2D eigenvalue weighted by atomic mass is 9.80. The zero-order valence-electron chi connectivity index (χ0n) is 12.4. The van der Waals surface area contributed by atoms with Gasteiger partial charge in [-0.3, -0.25) is 4.99 Å². The number of fused-ring (bicyclic) bond motifs is 1. The number of hydrogen-bond donors (Lipinski definition) is 0. The molecule has 0 unspecified atom stereocenters. The number of aryl methyl sites for hydroxylation is 1.